The molecule has 0 spiro atoms. The van der Waals surface area contributed by atoms with Crippen molar-refractivity contribution in [1.82, 2.24) is 14.7 Å². The Labute approximate surface area is 119 Å². The molecule has 4 rings (SSSR count). The van der Waals surface area contributed by atoms with Gasteiger partial charge in [-0.25, -0.2) is 4.68 Å². The van der Waals surface area contributed by atoms with Crippen molar-refractivity contribution < 1.29 is 0 Å². The summed E-state index contributed by atoms with van der Waals surface area (Å²) in [5, 5.41) is 4.56. The van der Waals surface area contributed by atoms with Gasteiger partial charge in [0.05, 0.1) is 12.2 Å². The van der Waals surface area contributed by atoms with Gasteiger partial charge in [0, 0.05) is 37.5 Å². The van der Waals surface area contributed by atoms with E-state index in [2.05, 4.69) is 10.00 Å². The van der Waals surface area contributed by atoms with Crippen molar-refractivity contribution in [1.29, 1.82) is 0 Å². The molecule has 0 bridgehead atoms. The fourth-order valence-corrected chi connectivity index (χ4v) is 3.42. The highest BCUT2D eigenvalue weighted by molar-refractivity contribution is 5.12. The van der Waals surface area contributed by atoms with Crippen LogP contribution in [0.15, 0.2) is 16.9 Å². The van der Waals surface area contributed by atoms with E-state index in [1.54, 1.807) is 10.7 Å². The maximum Gasteiger partial charge on any atom is 0.266 e. The van der Waals surface area contributed by atoms with E-state index in [4.69, 9.17) is 0 Å². The van der Waals surface area contributed by atoms with Crippen LogP contribution in [0.3, 0.4) is 0 Å². The van der Waals surface area contributed by atoms with E-state index in [1.807, 2.05) is 6.07 Å². The summed E-state index contributed by atoms with van der Waals surface area (Å²) in [6.07, 6.45) is 6.75. The van der Waals surface area contributed by atoms with Gasteiger partial charge in [-0.3, -0.25) is 4.79 Å². The summed E-state index contributed by atoms with van der Waals surface area (Å²) in [5.74, 6) is 2.20. The summed E-state index contributed by atoms with van der Waals surface area (Å²) in [4.78, 5) is 14.4. The Kier molecular flexibility index (Phi) is 3.14. The predicted octanol–water partition coefficient (Wildman–Crippen LogP) is 1.85. The molecule has 0 amide bonds. The van der Waals surface area contributed by atoms with Crippen molar-refractivity contribution in [3.63, 3.8) is 0 Å². The lowest BCUT2D eigenvalue weighted by molar-refractivity contribution is 0.0519. The minimum absolute atomic E-state index is 0.0619. The number of rotatable bonds is 5. The second-order valence-electron chi connectivity index (χ2n) is 6.93. The average molecular weight is 273 g/mol. The van der Waals surface area contributed by atoms with Gasteiger partial charge >= 0.3 is 0 Å². The second kappa shape index (κ2) is 4.99. The molecule has 2 saturated carbocycles. The molecule has 0 aromatic carbocycles. The fraction of sp³-hybridized carbons (Fsp3) is 0.750. The smallest absolute Gasteiger partial charge is 0.266 e. The van der Waals surface area contributed by atoms with Crippen molar-refractivity contribution in [2.75, 3.05) is 19.6 Å². The standard InChI is InChI=1S/C16H23N3O/c20-16-7-6-15(14-4-5-14)17-19(16)11-13-9-18(10-13)8-12-2-1-3-12/h6-7,12-14H,1-5,8-11H2. The van der Waals surface area contributed by atoms with E-state index in [0.717, 1.165) is 31.2 Å². The van der Waals surface area contributed by atoms with Gasteiger partial charge in [0.1, 0.15) is 0 Å². The van der Waals surface area contributed by atoms with E-state index in [1.165, 1.54) is 38.6 Å². The number of nitrogens with zero attached hydrogens (tertiary/aromatic N) is 3. The Morgan fingerprint density at radius 2 is 1.85 bits per heavy atom. The lowest BCUT2D eigenvalue weighted by atomic mass is 9.84. The zero-order chi connectivity index (χ0) is 13.5. The third-order valence-electron chi connectivity index (χ3n) is 5.09. The molecular weight excluding hydrogens is 250 g/mol. The molecule has 2 heterocycles. The number of hydrogen-bond acceptors (Lipinski definition) is 3. The van der Waals surface area contributed by atoms with Crippen molar-refractivity contribution >= 4 is 0 Å². The van der Waals surface area contributed by atoms with Crippen LogP contribution in [0.5, 0.6) is 0 Å². The number of hydrogen-bond donors (Lipinski definition) is 0. The summed E-state index contributed by atoms with van der Waals surface area (Å²) < 4.78 is 1.71. The minimum Gasteiger partial charge on any atom is -0.302 e. The first-order valence-electron chi connectivity index (χ1n) is 8.08. The van der Waals surface area contributed by atoms with Crippen molar-refractivity contribution in [2.45, 2.75) is 44.6 Å². The summed E-state index contributed by atoms with van der Waals surface area (Å²) in [6, 6.07) is 3.62. The van der Waals surface area contributed by atoms with Gasteiger partial charge in [0.2, 0.25) is 0 Å². The second-order valence-corrected chi connectivity index (χ2v) is 6.93. The molecule has 1 aliphatic heterocycles. The van der Waals surface area contributed by atoms with Gasteiger partial charge in [-0.15, -0.1) is 0 Å². The van der Waals surface area contributed by atoms with Crippen LogP contribution in [0.1, 0.15) is 43.7 Å². The molecule has 0 N–H and O–H groups in total. The van der Waals surface area contributed by atoms with Crippen LogP contribution in [-0.2, 0) is 6.54 Å². The summed E-state index contributed by atoms with van der Waals surface area (Å²) in [7, 11) is 0. The van der Waals surface area contributed by atoms with Crippen LogP contribution in [0.2, 0.25) is 0 Å². The van der Waals surface area contributed by atoms with E-state index >= 15 is 0 Å². The Bertz CT molecular complexity index is 539. The monoisotopic (exact) mass is 273 g/mol. The maximum atomic E-state index is 11.9. The van der Waals surface area contributed by atoms with E-state index in [-0.39, 0.29) is 5.56 Å². The van der Waals surface area contributed by atoms with Crippen molar-refractivity contribution in [2.24, 2.45) is 11.8 Å². The lowest BCUT2D eigenvalue weighted by Gasteiger charge is -2.43. The van der Waals surface area contributed by atoms with E-state index in [0.29, 0.717) is 11.8 Å². The van der Waals surface area contributed by atoms with Gasteiger partial charge in [0.15, 0.2) is 0 Å². The van der Waals surface area contributed by atoms with Crippen LogP contribution in [0.25, 0.3) is 0 Å². The van der Waals surface area contributed by atoms with Crippen LogP contribution in [0, 0.1) is 11.8 Å². The van der Waals surface area contributed by atoms with Crippen LogP contribution < -0.4 is 5.56 Å². The zero-order valence-corrected chi connectivity index (χ0v) is 12.0. The third-order valence-corrected chi connectivity index (χ3v) is 5.09. The Morgan fingerprint density at radius 1 is 1.05 bits per heavy atom. The molecule has 1 saturated heterocycles. The molecule has 0 atom stereocenters. The fourth-order valence-electron chi connectivity index (χ4n) is 3.42. The molecule has 108 valence electrons. The summed E-state index contributed by atoms with van der Waals surface area (Å²) in [6.45, 7) is 4.39. The molecule has 1 aromatic rings. The van der Waals surface area contributed by atoms with Gasteiger partial charge in [-0.2, -0.15) is 5.10 Å². The van der Waals surface area contributed by atoms with E-state index in [9.17, 15) is 4.79 Å². The molecule has 4 heteroatoms. The highest BCUT2D eigenvalue weighted by Crippen LogP contribution is 2.38. The largest absolute Gasteiger partial charge is 0.302 e. The van der Waals surface area contributed by atoms with Gasteiger partial charge in [0.25, 0.3) is 5.56 Å². The van der Waals surface area contributed by atoms with Crippen LogP contribution in [-0.4, -0.2) is 34.3 Å². The van der Waals surface area contributed by atoms with Gasteiger partial charge in [-0.05, 0) is 37.7 Å². The van der Waals surface area contributed by atoms with Crippen molar-refractivity contribution in [3.05, 3.63) is 28.2 Å². The SMILES string of the molecule is O=c1ccc(C2CC2)nn1CC1CN(CC2CCC2)C1. The van der Waals surface area contributed by atoms with E-state index < -0.39 is 0 Å². The average Bonchev–Trinajstić information content (AvgIpc) is 3.16. The molecule has 3 fully saturated rings. The van der Waals surface area contributed by atoms with Gasteiger partial charge < -0.3 is 4.90 Å². The zero-order valence-electron chi connectivity index (χ0n) is 12.0. The first-order chi connectivity index (χ1) is 9.78. The Hall–Kier alpha value is -1.16. The topological polar surface area (TPSA) is 38.1 Å². The minimum atomic E-state index is 0.0619. The van der Waals surface area contributed by atoms with Gasteiger partial charge in [-0.1, -0.05) is 6.42 Å². The highest BCUT2D eigenvalue weighted by atomic mass is 16.1. The summed E-state index contributed by atoms with van der Waals surface area (Å²) >= 11 is 0. The predicted molar refractivity (Wildman–Crippen MR) is 77.7 cm³/mol. The first kappa shape index (κ1) is 12.6. The molecule has 4 nitrogen and oxygen atoms in total. The third kappa shape index (κ3) is 2.53. The quantitative estimate of drug-likeness (QED) is 0.822. The molecule has 20 heavy (non-hydrogen) atoms. The molecule has 0 radical (unpaired) electrons. The summed E-state index contributed by atoms with van der Waals surface area (Å²) in [5.41, 5.74) is 1.18. The Morgan fingerprint density at radius 3 is 2.50 bits per heavy atom. The first-order valence-corrected chi connectivity index (χ1v) is 8.08. The normalized spacial score (nSPS) is 24.4. The molecule has 0 unspecified atom stereocenters. The lowest BCUT2D eigenvalue weighted by Crippen LogP contribution is -2.51. The molecule has 2 aliphatic carbocycles. The molecule has 3 aliphatic rings. The molecular formula is C16H23N3O. The number of likely N-dealkylation sites (tertiary alicyclic amines) is 1. The van der Waals surface area contributed by atoms with Crippen LogP contribution in [0.4, 0.5) is 0 Å². The Balaban J connectivity index is 1.33. The number of aromatic nitrogens is 2. The highest BCUT2D eigenvalue weighted by Gasteiger charge is 2.31. The van der Waals surface area contributed by atoms with Crippen LogP contribution >= 0.6 is 0 Å². The molecule has 1 aromatic heterocycles. The maximum absolute atomic E-state index is 11.9. The van der Waals surface area contributed by atoms with Crippen molar-refractivity contribution in [3.8, 4) is 0 Å².